The summed E-state index contributed by atoms with van der Waals surface area (Å²) in [6.07, 6.45) is 1.74. The first-order valence-corrected chi connectivity index (χ1v) is 8.66. The summed E-state index contributed by atoms with van der Waals surface area (Å²) in [6, 6.07) is 5.85. The molecule has 1 fully saturated rings. The van der Waals surface area contributed by atoms with Crippen LogP contribution in [0, 0.1) is 0 Å². The van der Waals surface area contributed by atoms with Gasteiger partial charge in [0.2, 0.25) is 0 Å². The van der Waals surface area contributed by atoms with E-state index in [0.717, 1.165) is 24.9 Å². The summed E-state index contributed by atoms with van der Waals surface area (Å²) in [4.78, 5) is 13.9. The van der Waals surface area contributed by atoms with Gasteiger partial charge in [0, 0.05) is 25.7 Å². The zero-order valence-corrected chi connectivity index (χ0v) is 15.4. The molecule has 1 amide bonds. The molecule has 2 rings (SSSR count). The van der Waals surface area contributed by atoms with Crippen LogP contribution in [0.1, 0.15) is 39.2 Å². The third kappa shape index (κ3) is 5.55. The Hall–Kier alpha value is -0.970. The van der Waals surface area contributed by atoms with E-state index in [1.54, 1.807) is 11.0 Å². The van der Waals surface area contributed by atoms with Gasteiger partial charge in [-0.3, -0.25) is 0 Å². The molecule has 1 N–H and O–H groups in total. The Morgan fingerprint density at radius 1 is 1.39 bits per heavy atom. The smallest absolute Gasteiger partial charge is 0.410 e. The Morgan fingerprint density at radius 3 is 2.83 bits per heavy atom. The number of halogens is 2. The number of carbonyl (C=O) groups excluding carboxylic acids is 1. The topological polar surface area (TPSA) is 41.6 Å². The molecule has 1 atom stereocenters. The molecule has 1 saturated heterocycles. The van der Waals surface area contributed by atoms with Gasteiger partial charge in [0.05, 0.1) is 10.0 Å². The standard InChI is InChI=1S/C17H24Cl2N2O2/c1-17(2,3)23-16(22)21-9-5-7-13(11-21)20-10-12-6-4-8-14(18)15(12)19/h4,6,8,13,20H,5,7,9-11H2,1-3H3. The highest BCUT2D eigenvalue weighted by molar-refractivity contribution is 6.42. The van der Waals surface area contributed by atoms with Crippen LogP contribution in [0.2, 0.25) is 10.0 Å². The number of benzene rings is 1. The van der Waals surface area contributed by atoms with E-state index in [-0.39, 0.29) is 12.1 Å². The molecule has 23 heavy (non-hydrogen) atoms. The zero-order chi connectivity index (χ0) is 17.0. The van der Waals surface area contributed by atoms with Crippen molar-refractivity contribution in [2.75, 3.05) is 13.1 Å². The van der Waals surface area contributed by atoms with Crippen LogP contribution in [0.25, 0.3) is 0 Å². The summed E-state index contributed by atoms with van der Waals surface area (Å²) in [7, 11) is 0. The number of hydrogen-bond donors (Lipinski definition) is 1. The Labute approximate surface area is 148 Å². The van der Waals surface area contributed by atoms with Crippen molar-refractivity contribution in [2.45, 2.75) is 51.8 Å². The van der Waals surface area contributed by atoms with Crippen molar-refractivity contribution < 1.29 is 9.53 Å². The van der Waals surface area contributed by atoms with Gasteiger partial charge in [0.15, 0.2) is 0 Å². The van der Waals surface area contributed by atoms with Gasteiger partial charge >= 0.3 is 6.09 Å². The first-order chi connectivity index (χ1) is 10.8. The molecule has 128 valence electrons. The Bertz CT molecular complexity index is 558. The fourth-order valence-electron chi connectivity index (χ4n) is 2.58. The number of carbonyl (C=O) groups is 1. The van der Waals surface area contributed by atoms with Crippen molar-refractivity contribution in [3.63, 3.8) is 0 Å². The monoisotopic (exact) mass is 358 g/mol. The van der Waals surface area contributed by atoms with Crippen LogP contribution in [0.15, 0.2) is 18.2 Å². The molecular formula is C17H24Cl2N2O2. The van der Waals surface area contributed by atoms with Crippen molar-refractivity contribution >= 4 is 29.3 Å². The second kappa shape index (κ2) is 7.73. The molecule has 1 aliphatic heterocycles. The predicted octanol–water partition coefficient (Wildman–Crippen LogP) is 4.48. The maximum atomic E-state index is 12.2. The lowest BCUT2D eigenvalue weighted by Crippen LogP contribution is -2.49. The third-order valence-electron chi connectivity index (χ3n) is 3.69. The number of rotatable bonds is 3. The van der Waals surface area contributed by atoms with Crippen LogP contribution in [0.3, 0.4) is 0 Å². The molecular weight excluding hydrogens is 335 g/mol. The minimum absolute atomic E-state index is 0.228. The van der Waals surface area contributed by atoms with E-state index in [4.69, 9.17) is 27.9 Å². The molecule has 0 saturated carbocycles. The van der Waals surface area contributed by atoms with Crippen molar-refractivity contribution in [3.8, 4) is 0 Å². The van der Waals surface area contributed by atoms with Gasteiger partial charge < -0.3 is 15.0 Å². The van der Waals surface area contributed by atoms with Crippen molar-refractivity contribution in [2.24, 2.45) is 0 Å². The number of amides is 1. The van der Waals surface area contributed by atoms with Gasteiger partial charge in [-0.2, -0.15) is 0 Å². The summed E-state index contributed by atoms with van der Waals surface area (Å²) in [6.45, 7) is 7.66. The minimum atomic E-state index is -0.466. The van der Waals surface area contributed by atoms with Crippen LogP contribution in [-0.4, -0.2) is 35.7 Å². The highest BCUT2D eigenvalue weighted by atomic mass is 35.5. The molecule has 1 aromatic rings. The first-order valence-electron chi connectivity index (χ1n) is 7.90. The van der Waals surface area contributed by atoms with E-state index in [9.17, 15) is 4.79 Å². The lowest BCUT2D eigenvalue weighted by molar-refractivity contribution is 0.0187. The van der Waals surface area contributed by atoms with Gasteiger partial charge in [-0.1, -0.05) is 35.3 Å². The number of nitrogens with zero attached hydrogens (tertiary/aromatic N) is 1. The molecule has 1 aromatic carbocycles. The summed E-state index contributed by atoms with van der Waals surface area (Å²) < 4.78 is 5.44. The van der Waals surface area contributed by atoms with E-state index in [0.29, 0.717) is 23.1 Å². The quantitative estimate of drug-likeness (QED) is 0.865. The average molecular weight is 359 g/mol. The van der Waals surface area contributed by atoms with Crippen molar-refractivity contribution in [3.05, 3.63) is 33.8 Å². The Morgan fingerprint density at radius 2 is 2.13 bits per heavy atom. The fraction of sp³-hybridized carbons (Fsp3) is 0.588. The number of ether oxygens (including phenoxy) is 1. The molecule has 1 aliphatic rings. The first kappa shape index (κ1) is 18.4. The van der Waals surface area contributed by atoms with Gasteiger partial charge in [-0.15, -0.1) is 0 Å². The lowest BCUT2D eigenvalue weighted by atomic mass is 10.1. The average Bonchev–Trinajstić information content (AvgIpc) is 2.47. The Kier molecular flexibility index (Phi) is 6.18. The molecule has 0 radical (unpaired) electrons. The Balaban J connectivity index is 1.89. The molecule has 0 bridgehead atoms. The van der Waals surface area contributed by atoms with Gasteiger partial charge in [0.25, 0.3) is 0 Å². The second-order valence-corrected chi connectivity index (χ2v) is 7.64. The van der Waals surface area contributed by atoms with Crippen LogP contribution >= 0.6 is 23.2 Å². The van der Waals surface area contributed by atoms with Crippen LogP contribution < -0.4 is 5.32 Å². The van der Waals surface area contributed by atoms with Crippen LogP contribution in [0.5, 0.6) is 0 Å². The molecule has 6 heteroatoms. The van der Waals surface area contributed by atoms with Crippen LogP contribution in [-0.2, 0) is 11.3 Å². The highest BCUT2D eigenvalue weighted by Crippen LogP contribution is 2.25. The van der Waals surface area contributed by atoms with E-state index in [1.165, 1.54) is 0 Å². The van der Waals surface area contributed by atoms with Crippen LogP contribution in [0.4, 0.5) is 4.79 Å². The highest BCUT2D eigenvalue weighted by Gasteiger charge is 2.27. The van der Waals surface area contributed by atoms with Gasteiger partial charge in [0.1, 0.15) is 5.60 Å². The summed E-state index contributed by atoms with van der Waals surface area (Å²) in [5.74, 6) is 0. The largest absolute Gasteiger partial charge is 0.444 e. The summed E-state index contributed by atoms with van der Waals surface area (Å²) in [5.41, 5.74) is 0.500. The SMILES string of the molecule is CC(C)(C)OC(=O)N1CCCC(NCc2cccc(Cl)c2Cl)C1. The maximum Gasteiger partial charge on any atom is 0.410 e. The normalized spacial score (nSPS) is 18.8. The van der Waals surface area contributed by atoms with Gasteiger partial charge in [-0.05, 0) is 45.2 Å². The molecule has 0 aromatic heterocycles. The van der Waals surface area contributed by atoms with Gasteiger partial charge in [-0.25, -0.2) is 4.79 Å². The zero-order valence-electron chi connectivity index (χ0n) is 13.9. The number of nitrogens with one attached hydrogen (secondary N) is 1. The summed E-state index contributed by atoms with van der Waals surface area (Å²) >= 11 is 12.2. The minimum Gasteiger partial charge on any atom is -0.444 e. The molecule has 4 nitrogen and oxygen atoms in total. The second-order valence-electron chi connectivity index (χ2n) is 6.86. The molecule has 0 spiro atoms. The van der Waals surface area contributed by atoms with E-state index in [2.05, 4.69) is 5.32 Å². The van der Waals surface area contributed by atoms with Crippen molar-refractivity contribution in [1.82, 2.24) is 10.2 Å². The predicted molar refractivity (Wildman–Crippen MR) is 94.1 cm³/mol. The van der Waals surface area contributed by atoms with E-state index < -0.39 is 5.60 Å². The lowest BCUT2D eigenvalue weighted by Gasteiger charge is -2.34. The van der Waals surface area contributed by atoms with E-state index in [1.807, 2.05) is 32.9 Å². The summed E-state index contributed by atoms with van der Waals surface area (Å²) in [5, 5.41) is 4.61. The number of likely N-dealkylation sites (tertiary alicyclic amines) is 1. The molecule has 1 heterocycles. The molecule has 1 unspecified atom stereocenters. The number of hydrogen-bond acceptors (Lipinski definition) is 3. The number of piperidine rings is 1. The fourth-order valence-corrected chi connectivity index (χ4v) is 2.96. The third-order valence-corrected chi connectivity index (χ3v) is 4.54. The van der Waals surface area contributed by atoms with Crippen molar-refractivity contribution in [1.29, 1.82) is 0 Å². The molecule has 0 aliphatic carbocycles. The van der Waals surface area contributed by atoms with E-state index >= 15 is 0 Å². The maximum absolute atomic E-state index is 12.2.